The van der Waals surface area contributed by atoms with Crippen LogP contribution in [-0.2, 0) is 0 Å². The highest BCUT2D eigenvalue weighted by Crippen LogP contribution is 2.34. The topological polar surface area (TPSA) is 68.3 Å². The molecule has 3 N–H and O–H groups in total. The Kier molecular flexibility index (Phi) is 4.51. The minimum Gasteiger partial charge on any atom is -0.451 e. The zero-order valence-electron chi connectivity index (χ0n) is 12.8. The minimum atomic E-state index is -0.354. The minimum absolute atomic E-state index is 0.178. The van der Waals surface area contributed by atoms with Crippen molar-refractivity contribution in [2.75, 3.05) is 11.1 Å². The van der Waals surface area contributed by atoms with Gasteiger partial charge in [-0.15, -0.1) is 0 Å². The van der Waals surface area contributed by atoms with Crippen molar-refractivity contribution in [1.29, 1.82) is 0 Å². The van der Waals surface area contributed by atoms with Crippen LogP contribution in [0.2, 0.25) is 10.0 Å². The van der Waals surface area contributed by atoms with Crippen LogP contribution in [0.5, 0.6) is 0 Å². The third-order valence-corrected chi connectivity index (χ3v) is 4.36. The Labute approximate surface area is 149 Å². The highest BCUT2D eigenvalue weighted by molar-refractivity contribution is 6.43. The number of rotatable bonds is 3. The number of aryl methyl sites for hydroxylation is 1. The fourth-order valence-corrected chi connectivity index (χ4v) is 2.70. The van der Waals surface area contributed by atoms with Crippen LogP contribution >= 0.6 is 23.2 Å². The second-order valence-electron chi connectivity index (χ2n) is 5.29. The van der Waals surface area contributed by atoms with Crippen LogP contribution in [-0.4, -0.2) is 5.91 Å². The largest absolute Gasteiger partial charge is 0.451 e. The van der Waals surface area contributed by atoms with E-state index < -0.39 is 0 Å². The first-order valence-electron chi connectivity index (χ1n) is 7.17. The first kappa shape index (κ1) is 16.4. The number of hydrogen-bond acceptors (Lipinski definition) is 3. The van der Waals surface area contributed by atoms with Gasteiger partial charge in [-0.1, -0.05) is 29.3 Å². The Morgan fingerprint density at radius 1 is 1.12 bits per heavy atom. The standard InChI is InChI=1S/C18H14Cl2N2O2/c1-10-9-11(21)5-6-14(10)22-18(23)16-8-7-15(24-16)12-3-2-4-13(19)17(12)20/h2-9H,21H2,1H3,(H,22,23). The van der Waals surface area contributed by atoms with Gasteiger partial charge >= 0.3 is 0 Å². The van der Waals surface area contributed by atoms with E-state index in [4.69, 9.17) is 33.4 Å². The maximum Gasteiger partial charge on any atom is 0.291 e. The van der Waals surface area contributed by atoms with Crippen molar-refractivity contribution in [2.24, 2.45) is 0 Å². The predicted octanol–water partition coefficient (Wildman–Crippen LogP) is 5.40. The molecule has 3 rings (SSSR count). The number of nitrogens with one attached hydrogen (secondary N) is 1. The maximum atomic E-state index is 12.4. The summed E-state index contributed by atoms with van der Waals surface area (Å²) in [6, 6.07) is 13.8. The highest BCUT2D eigenvalue weighted by atomic mass is 35.5. The fourth-order valence-electron chi connectivity index (χ4n) is 2.31. The van der Waals surface area contributed by atoms with Crippen LogP contribution in [0, 0.1) is 6.92 Å². The van der Waals surface area contributed by atoms with Crippen LogP contribution in [0.25, 0.3) is 11.3 Å². The normalized spacial score (nSPS) is 10.6. The molecule has 0 saturated heterocycles. The van der Waals surface area contributed by atoms with Crippen molar-refractivity contribution >= 4 is 40.5 Å². The van der Waals surface area contributed by atoms with Crippen molar-refractivity contribution in [3.05, 3.63) is 69.9 Å². The number of nitrogen functional groups attached to an aromatic ring is 1. The monoisotopic (exact) mass is 360 g/mol. The SMILES string of the molecule is Cc1cc(N)ccc1NC(=O)c1ccc(-c2cccc(Cl)c2Cl)o1. The molecule has 0 saturated carbocycles. The number of furan rings is 1. The summed E-state index contributed by atoms with van der Waals surface area (Å²) in [5.41, 5.74) is 8.52. The lowest BCUT2D eigenvalue weighted by Gasteiger charge is -2.07. The molecule has 3 aromatic rings. The molecule has 0 aliphatic rings. The zero-order valence-corrected chi connectivity index (χ0v) is 14.3. The van der Waals surface area contributed by atoms with E-state index in [1.807, 2.05) is 6.92 Å². The molecule has 1 amide bonds. The van der Waals surface area contributed by atoms with E-state index in [9.17, 15) is 4.79 Å². The van der Waals surface area contributed by atoms with Crippen LogP contribution in [0.4, 0.5) is 11.4 Å². The van der Waals surface area contributed by atoms with Gasteiger partial charge in [0.15, 0.2) is 5.76 Å². The quantitative estimate of drug-likeness (QED) is 0.614. The molecule has 0 aliphatic carbocycles. The second kappa shape index (κ2) is 6.59. The van der Waals surface area contributed by atoms with E-state index in [-0.39, 0.29) is 11.7 Å². The third kappa shape index (κ3) is 3.25. The molecule has 1 aromatic heterocycles. The van der Waals surface area contributed by atoms with Crippen molar-refractivity contribution in [3.63, 3.8) is 0 Å². The first-order chi connectivity index (χ1) is 11.5. The molecular weight excluding hydrogens is 347 g/mol. The summed E-state index contributed by atoms with van der Waals surface area (Å²) >= 11 is 12.2. The number of carbonyl (C=O) groups is 1. The van der Waals surface area contributed by atoms with Crippen LogP contribution in [0.15, 0.2) is 52.9 Å². The summed E-state index contributed by atoms with van der Waals surface area (Å²) in [6.07, 6.45) is 0. The molecule has 0 radical (unpaired) electrons. The summed E-state index contributed by atoms with van der Waals surface area (Å²) in [5, 5.41) is 3.61. The van der Waals surface area contributed by atoms with Gasteiger partial charge in [0.2, 0.25) is 0 Å². The lowest BCUT2D eigenvalue weighted by Crippen LogP contribution is -2.11. The van der Waals surface area contributed by atoms with Gasteiger partial charge in [0, 0.05) is 16.9 Å². The van der Waals surface area contributed by atoms with Gasteiger partial charge in [-0.05, 0) is 55.0 Å². The second-order valence-corrected chi connectivity index (χ2v) is 6.08. The van der Waals surface area contributed by atoms with Crippen LogP contribution in [0.3, 0.4) is 0 Å². The van der Waals surface area contributed by atoms with E-state index in [2.05, 4.69) is 5.32 Å². The van der Waals surface area contributed by atoms with E-state index in [0.717, 1.165) is 5.56 Å². The summed E-state index contributed by atoms with van der Waals surface area (Å²) in [6.45, 7) is 1.87. The van der Waals surface area contributed by atoms with Gasteiger partial charge in [0.1, 0.15) is 5.76 Å². The van der Waals surface area contributed by atoms with Crippen molar-refractivity contribution < 1.29 is 9.21 Å². The molecule has 0 bridgehead atoms. The molecule has 0 aliphatic heterocycles. The zero-order chi connectivity index (χ0) is 17.3. The lowest BCUT2D eigenvalue weighted by atomic mass is 10.2. The van der Waals surface area contributed by atoms with Gasteiger partial charge in [-0.25, -0.2) is 0 Å². The van der Waals surface area contributed by atoms with Crippen LogP contribution < -0.4 is 11.1 Å². The summed E-state index contributed by atoms with van der Waals surface area (Å²) < 4.78 is 5.62. The van der Waals surface area contributed by atoms with Gasteiger partial charge in [0.25, 0.3) is 5.91 Å². The fraction of sp³-hybridized carbons (Fsp3) is 0.0556. The summed E-state index contributed by atoms with van der Waals surface area (Å²) in [5.74, 6) is 0.297. The van der Waals surface area contributed by atoms with Gasteiger partial charge in [-0.3, -0.25) is 4.79 Å². The third-order valence-electron chi connectivity index (χ3n) is 3.55. The van der Waals surface area contributed by atoms with Crippen LogP contribution in [0.1, 0.15) is 16.1 Å². The number of anilines is 2. The Bertz CT molecular complexity index is 919. The van der Waals surface area contributed by atoms with Gasteiger partial charge < -0.3 is 15.5 Å². The molecule has 2 aromatic carbocycles. The average Bonchev–Trinajstić information content (AvgIpc) is 3.02. The first-order valence-corrected chi connectivity index (χ1v) is 7.93. The number of hydrogen-bond donors (Lipinski definition) is 2. The molecule has 0 atom stereocenters. The molecule has 122 valence electrons. The number of carbonyl (C=O) groups excluding carboxylic acids is 1. The van der Waals surface area contributed by atoms with Gasteiger partial charge in [0.05, 0.1) is 10.0 Å². The molecular formula is C18H14Cl2N2O2. The Morgan fingerprint density at radius 3 is 2.67 bits per heavy atom. The lowest BCUT2D eigenvalue weighted by molar-refractivity contribution is 0.0997. The van der Waals surface area contributed by atoms with E-state index in [0.29, 0.717) is 32.7 Å². The molecule has 1 heterocycles. The molecule has 0 unspecified atom stereocenters. The van der Waals surface area contributed by atoms with Crippen molar-refractivity contribution in [2.45, 2.75) is 6.92 Å². The Hall–Kier alpha value is -2.43. The maximum absolute atomic E-state index is 12.4. The summed E-state index contributed by atoms with van der Waals surface area (Å²) in [7, 11) is 0. The number of halogens is 2. The Morgan fingerprint density at radius 2 is 1.92 bits per heavy atom. The molecule has 0 spiro atoms. The molecule has 4 nitrogen and oxygen atoms in total. The Balaban J connectivity index is 1.85. The van der Waals surface area contributed by atoms with E-state index in [1.54, 1.807) is 48.5 Å². The molecule has 0 fully saturated rings. The molecule has 24 heavy (non-hydrogen) atoms. The van der Waals surface area contributed by atoms with E-state index in [1.165, 1.54) is 0 Å². The smallest absolute Gasteiger partial charge is 0.291 e. The van der Waals surface area contributed by atoms with E-state index >= 15 is 0 Å². The average molecular weight is 361 g/mol. The molecule has 6 heteroatoms. The highest BCUT2D eigenvalue weighted by Gasteiger charge is 2.15. The number of benzene rings is 2. The van der Waals surface area contributed by atoms with Crippen molar-refractivity contribution in [3.8, 4) is 11.3 Å². The van der Waals surface area contributed by atoms with Crippen molar-refractivity contribution in [1.82, 2.24) is 0 Å². The summed E-state index contributed by atoms with van der Waals surface area (Å²) in [4.78, 5) is 12.4. The van der Waals surface area contributed by atoms with Gasteiger partial charge in [-0.2, -0.15) is 0 Å². The number of amides is 1. The predicted molar refractivity (Wildman–Crippen MR) is 97.7 cm³/mol. The number of nitrogens with two attached hydrogens (primary N) is 1.